The summed E-state index contributed by atoms with van der Waals surface area (Å²) in [6, 6.07) is 7.89. The Bertz CT molecular complexity index is 407. The summed E-state index contributed by atoms with van der Waals surface area (Å²) in [4.78, 5) is 2.39. The summed E-state index contributed by atoms with van der Waals surface area (Å²) in [6.45, 7) is 6.82. The highest BCUT2D eigenvalue weighted by Gasteiger charge is 2.24. The molecule has 0 bridgehead atoms. The van der Waals surface area contributed by atoms with Crippen molar-refractivity contribution in [2.75, 3.05) is 20.1 Å². The van der Waals surface area contributed by atoms with Crippen LogP contribution in [0.5, 0.6) is 0 Å². The highest BCUT2D eigenvalue weighted by Crippen LogP contribution is 2.16. The van der Waals surface area contributed by atoms with Gasteiger partial charge in [-0.3, -0.25) is 0 Å². The second-order valence-corrected chi connectivity index (χ2v) is 6.04. The van der Waals surface area contributed by atoms with Gasteiger partial charge in [0.1, 0.15) is 5.82 Å². The SMILES string of the molecule is CC(Cc1cccc(F)c1)NC1CCN(C)CC1C. The Morgan fingerprint density at radius 3 is 2.95 bits per heavy atom. The summed E-state index contributed by atoms with van der Waals surface area (Å²) in [6.07, 6.45) is 2.09. The quantitative estimate of drug-likeness (QED) is 0.899. The summed E-state index contributed by atoms with van der Waals surface area (Å²) < 4.78 is 13.2. The van der Waals surface area contributed by atoms with Crippen molar-refractivity contribution in [3.63, 3.8) is 0 Å². The molecule has 19 heavy (non-hydrogen) atoms. The molecule has 2 nitrogen and oxygen atoms in total. The van der Waals surface area contributed by atoms with Crippen LogP contribution in [0.1, 0.15) is 25.8 Å². The molecule has 1 aromatic rings. The van der Waals surface area contributed by atoms with Crippen LogP contribution in [0.2, 0.25) is 0 Å². The van der Waals surface area contributed by atoms with Gasteiger partial charge in [-0.25, -0.2) is 4.39 Å². The normalized spacial score (nSPS) is 26.3. The minimum absolute atomic E-state index is 0.141. The third-order valence-corrected chi connectivity index (χ3v) is 4.04. The lowest BCUT2D eigenvalue weighted by Gasteiger charge is -2.37. The van der Waals surface area contributed by atoms with Gasteiger partial charge < -0.3 is 10.2 Å². The molecule has 0 aliphatic carbocycles. The fraction of sp³-hybridized carbons (Fsp3) is 0.625. The molecule has 3 atom stereocenters. The second kappa shape index (κ2) is 6.49. The molecule has 0 amide bonds. The first-order valence-electron chi connectivity index (χ1n) is 7.23. The summed E-state index contributed by atoms with van der Waals surface area (Å²) in [5.74, 6) is 0.533. The minimum Gasteiger partial charge on any atom is -0.311 e. The molecule has 0 saturated carbocycles. The van der Waals surface area contributed by atoms with E-state index in [9.17, 15) is 4.39 Å². The third kappa shape index (κ3) is 4.29. The van der Waals surface area contributed by atoms with E-state index in [1.54, 1.807) is 12.1 Å². The molecular weight excluding hydrogens is 239 g/mol. The Labute approximate surface area is 116 Å². The average molecular weight is 264 g/mol. The maximum absolute atomic E-state index is 13.2. The van der Waals surface area contributed by atoms with E-state index < -0.39 is 0 Å². The molecule has 0 aromatic heterocycles. The number of hydrogen-bond donors (Lipinski definition) is 1. The zero-order valence-corrected chi connectivity index (χ0v) is 12.2. The zero-order valence-electron chi connectivity index (χ0n) is 12.2. The van der Waals surface area contributed by atoms with E-state index in [4.69, 9.17) is 0 Å². The first-order chi connectivity index (χ1) is 9.04. The largest absolute Gasteiger partial charge is 0.311 e. The van der Waals surface area contributed by atoms with Crippen LogP contribution in [0, 0.1) is 11.7 Å². The van der Waals surface area contributed by atoms with E-state index in [1.165, 1.54) is 12.5 Å². The van der Waals surface area contributed by atoms with Crippen molar-refractivity contribution in [3.8, 4) is 0 Å². The Balaban J connectivity index is 1.85. The summed E-state index contributed by atoms with van der Waals surface area (Å²) in [5, 5.41) is 3.71. The van der Waals surface area contributed by atoms with Gasteiger partial charge in [0.25, 0.3) is 0 Å². The van der Waals surface area contributed by atoms with Gasteiger partial charge in [-0.2, -0.15) is 0 Å². The number of halogens is 1. The summed E-state index contributed by atoms with van der Waals surface area (Å²) in [7, 11) is 2.18. The highest BCUT2D eigenvalue weighted by atomic mass is 19.1. The molecule has 0 radical (unpaired) electrons. The summed E-state index contributed by atoms with van der Waals surface area (Å²) in [5.41, 5.74) is 1.07. The molecule has 106 valence electrons. The third-order valence-electron chi connectivity index (χ3n) is 4.04. The van der Waals surface area contributed by atoms with Crippen LogP contribution >= 0.6 is 0 Å². The molecule has 0 spiro atoms. The van der Waals surface area contributed by atoms with E-state index in [1.807, 2.05) is 6.07 Å². The molecule has 1 aliphatic rings. The first-order valence-corrected chi connectivity index (χ1v) is 7.23. The van der Waals surface area contributed by atoms with E-state index >= 15 is 0 Å². The van der Waals surface area contributed by atoms with Crippen molar-refractivity contribution in [2.45, 2.75) is 38.8 Å². The van der Waals surface area contributed by atoms with Crippen LogP contribution in [0.3, 0.4) is 0 Å². The van der Waals surface area contributed by atoms with Gasteiger partial charge in [-0.1, -0.05) is 19.1 Å². The van der Waals surface area contributed by atoms with Gasteiger partial charge in [0.2, 0.25) is 0 Å². The predicted octanol–water partition coefficient (Wildman–Crippen LogP) is 2.69. The number of rotatable bonds is 4. The number of likely N-dealkylation sites (tertiary alicyclic amines) is 1. The Hall–Kier alpha value is -0.930. The molecule has 3 heteroatoms. The van der Waals surface area contributed by atoms with Gasteiger partial charge in [0.15, 0.2) is 0 Å². The summed E-state index contributed by atoms with van der Waals surface area (Å²) >= 11 is 0. The molecule has 2 rings (SSSR count). The average Bonchev–Trinajstić information content (AvgIpc) is 2.33. The van der Waals surface area contributed by atoms with E-state index in [0.29, 0.717) is 18.0 Å². The number of benzene rings is 1. The fourth-order valence-corrected chi connectivity index (χ4v) is 3.04. The van der Waals surface area contributed by atoms with Gasteiger partial charge in [-0.05, 0) is 57.0 Å². The molecule has 1 aliphatic heterocycles. The van der Waals surface area contributed by atoms with Crippen molar-refractivity contribution in [1.82, 2.24) is 10.2 Å². The Morgan fingerprint density at radius 2 is 2.26 bits per heavy atom. The van der Waals surface area contributed by atoms with Crippen LogP contribution in [0.15, 0.2) is 24.3 Å². The van der Waals surface area contributed by atoms with Gasteiger partial charge in [0.05, 0.1) is 0 Å². The number of hydrogen-bond acceptors (Lipinski definition) is 2. The molecule has 1 aromatic carbocycles. The van der Waals surface area contributed by atoms with Crippen molar-refractivity contribution in [3.05, 3.63) is 35.6 Å². The van der Waals surface area contributed by atoms with Gasteiger partial charge in [0, 0.05) is 18.6 Å². The molecule has 1 N–H and O–H groups in total. The van der Waals surface area contributed by atoms with Crippen LogP contribution in [0.25, 0.3) is 0 Å². The maximum Gasteiger partial charge on any atom is 0.123 e. The topological polar surface area (TPSA) is 15.3 Å². The lowest BCUT2D eigenvalue weighted by Crippen LogP contribution is -2.50. The van der Waals surface area contributed by atoms with Crippen molar-refractivity contribution < 1.29 is 4.39 Å². The molecule has 1 fully saturated rings. The number of nitrogens with zero attached hydrogens (tertiary/aromatic N) is 1. The lowest BCUT2D eigenvalue weighted by molar-refractivity contribution is 0.167. The van der Waals surface area contributed by atoms with Crippen LogP contribution < -0.4 is 5.32 Å². The smallest absolute Gasteiger partial charge is 0.123 e. The molecular formula is C16H25FN2. The van der Waals surface area contributed by atoms with Gasteiger partial charge >= 0.3 is 0 Å². The van der Waals surface area contributed by atoms with Crippen LogP contribution in [-0.2, 0) is 6.42 Å². The first kappa shape index (κ1) is 14.5. The number of piperidine rings is 1. The van der Waals surface area contributed by atoms with E-state index in [-0.39, 0.29) is 5.82 Å². The minimum atomic E-state index is -0.141. The Kier molecular flexibility index (Phi) is 4.94. The van der Waals surface area contributed by atoms with E-state index in [2.05, 4.69) is 31.1 Å². The fourth-order valence-electron chi connectivity index (χ4n) is 3.04. The molecule has 1 saturated heterocycles. The zero-order chi connectivity index (χ0) is 13.8. The maximum atomic E-state index is 13.2. The standard InChI is InChI=1S/C16H25FN2/c1-12-11-19(3)8-7-16(12)18-13(2)9-14-5-4-6-15(17)10-14/h4-6,10,12-13,16,18H,7-9,11H2,1-3H3. The Morgan fingerprint density at radius 1 is 1.47 bits per heavy atom. The van der Waals surface area contributed by atoms with Crippen LogP contribution in [0.4, 0.5) is 4.39 Å². The lowest BCUT2D eigenvalue weighted by atomic mass is 9.93. The number of nitrogens with one attached hydrogen (secondary N) is 1. The second-order valence-electron chi connectivity index (χ2n) is 6.04. The van der Waals surface area contributed by atoms with Crippen molar-refractivity contribution in [2.24, 2.45) is 5.92 Å². The van der Waals surface area contributed by atoms with E-state index in [0.717, 1.165) is 25.1 Å². The highest BCUT2D eigenvalue weighted by molar-refractivity contribution is 5.17. The van der Waals surface area contributed by atoms with Crippen molar-refractivity contribution >= 4 is 0 Å². The predicted molar refractivity (Wildman–Crippen MR) is 77.8 cm³/mol. The van der Waals surface area contributed by atoms with Gasteiger partial charge in [-0.15, -0.1) is 0 Å². The van der Waals surface area contributed by atoms with Crippen molar-refractivity contribution in [1.29, 1.82) is 0 Å². The monoisotopic (exact) mass is 264 g/mol. The molecule has 3 unspecified atom stereocenters. The van der Waals surface area contributed by atoms with Crippen LogP contribution in [-0.4, -0.2) is 37.1 Å². The molecule has 1 heterocycles.